The van der Waals surface area contributed by atoms with Crippen LogP contribution in [0.1, 0.15) is 28.3 Å². The fraction of sp³-hybridized carbons (Fsp3) is 0.200. The first-order chi connectivity index (χ1) is 9.04. The molecule has 0 saturated carbocycles. The molecule has 1 unspecified atom stereocenters. The van der Waals surface area contributed by atoms with E-state index in [-0.39, 0.29) is 5.56 Å². The molecule has 0 spiro atoms. The Morgan fingerprint density at radius 2 is 1.63 bits per heavy atom. The molecule has 0 radical (unpaired) electrons. The molecule has 0 aliphatic rings. The predicted molar refractivity (Wildman–Crippen MR) is 71.4 cm³/mol. The van der Waals surface area contributed by atoms with E-state index in [2.05, 4.69) is 5.43 Å². The molecular weight excluding hydrogens is 246 g/mol. The van der Waals surface area contributed by atoms with Gasteiger partial charge in [-0.15, -0.1) is 0 Å². The van der Waals surface area contributed by atoms with Gasteiger partial charge in [0, 0.05) is 5.56 Å². The normalized spacial score (nSPS) is 12.5. The Hall–Kier alpha value is -1.78. The van der Waals surface area contributed by atoms with Crippen molar-refractivity contribution in [2.75, 3.05) is 0 Å². The molecule has 0 heterocycles. The van der Waals surface area contributed by atoms with Gasteiger partial charge in [0.25, 0.3) is 0 Å². The van der Waals surface area contributed by atoms with Gasteiger partial charge >= 0.3 is 0 Å². The zero-order valence-corrected chi connectivity index (χ0v) is 10.9. The number of rotatable bonds is 3. The summed E-state index contributed by atoms with van der Waals surface area (Å²) < 4.78 is 27.6. The van der Waals surface area contributed by atoms with Crippen LogP contribution in [0.5, 0.6) is 0 Å². The molecule has 0 aliphatic heterocycles. The lowest BCUT2D eigenvalue weighted by atomic mass is 9.95. The Morgan fingerprint density at radius 3 is 2.16 bits per heavy atom. The van der Waals surface area contributed by atoms with Gasteiger partial charge in [0.1, 0.15) is 11.6 Å². The summed E-state index contributed by atoms with van der Waals surface area (Å²) in [6.07, 6.45) is 0. The summed E-state index contributed by atoms with van der Waals surface area (Å²) in [6.45, 7) is 3.93. The highest BCUT2D eigenvalue weighted by Crippen LogP contribution is 2.27. The van der Waals surface area contributed by atoms with Crippen LogP contribution < -0.4 is 11.3 Å². The van der Waals surface area contributed by atoms with Crippen molar-refractivity contribution < 1.29 is 8.78 Å². The lowest BCUT2D eigenvalue weighted by molar-refractivity contribution is 0.510. The van der Waals surface area contributed by atoms with Crippen molar-refractivity contribution in [2.24, 2.45) is 5.84 Å². The highest BCUT2D eigenvalue weighted by molar-refractivity contribution is 5.38. The van der Waals surface area contributed by atoms with E-state index in [4.69, 9.17) is 5.84 Å². The minimum Gasteiger partial charge on any atom is -0.271 e. The molecule has 2 aromatic rings. The van der Waals surface area contributed by atoms with Gasteiger partial charge in [0.05, 0.1) is 6.04 Å². The second-order valence-corrected chi connectivity index (χ2v) is 4.58. The minimum absolute atomic E-state index is 0.0618. The molecule has 2 aromatic carbocycles. The molecule has 0 saturated heterocycles. The first-order valence-electron chi connectivity index (χ1n) is 6.01. The van der Waals surface area contributed by atoms with Crippen molar-refractivity contribution in [1.29, 1.82) is 0 Å². The van der Waals surface area contributed by atoms with Crippen LogP contribution in [0, 0.1) is 25.5 Å². The molecule has 0 aliphatic carbocycles. The number of hydrogen-bond donors (Lipinski definition) is 2. The van der Waals surface area contributed by atoms with Crippen molar-refractivity contribution in [3.05, 3.63) is 70.3 Å². The summed E-state index contributed by atoms with van der Waals surface area (Å²) in [5, 5.41) is 0. The third-order valence-corrected chi connectivity index (χ3v) is 3.32. The fourth-order valence-electron chi connectivity index (χ4n) is 2.08. The number of nitrogens with one attached hydrogen (secondary N) is 1. The van der Waals surface area contributed by atoms with Crippen LogP contribution in [0.25, 0.3) is 0 Å². The van der Waals surface area contributed by atoms with Gasteiger partial charge in [-0.05, 0) is 42.7 Å². The maximum Gasteiger partial charge on any atom is 0.131 e. The largest absolute Gasteiger partial charge is 0.271 e. The van der Waals surface area contributed by atoms with E-state index in [0.29, 0.717) is 0 Å². The number of hydrazine groups is 1. The molecule has 3 N–H and O–H groups in total. The molecule has 19 heavy (non-hydrogen) atoms. The average Bonchev–Trinajstić information content (AvgIpc) is 2.37. The van der Waals surface area contributed by atoms with Crippen molar-refractivity contribution in [2.45, 2.75) is 19.9 Å². The topological polar surface area (TPSA) is 38.0 Å². The lowest BCUT2D eigenvalue weighted by Crippen LogP contribution is -2.30. The number of halogens is 2. The third-order valence-electron chi connectivity index (χ3n) is 3.32. The minimum atomic E-state index is -0.708. The predicted octanol–water partition coefficient (Wildman–Crippen LogP) is 3.13. The monoisotopic (exact) mass is 262 g/mol. The van der Waals surface area contributed by atoms with E-state index >= 15 is 0 Å². The van der Waals surface area contributed by atoms with Gasteiger partial charge in [-0.2, -0.15) is 0 Å². The molecular formula is C15H16F2N2. The Bertz CT molecular complexity index is 576. The van der Waals surface area contributed by atoms with Crippen LogP contribution in [0.4, 0.5) is 8.78 Å². The van der Waals surface area contributed by atoms with E-state index in [1.807, 2.05) is 32.0 Å². The molecule has 1 atom stereocenters. The van der Waals surface area contributed by atoms with E-state index in [9.17, 15) is 8.78 Å². The zero-order chi connectivity index (χ0) is 14.0. The molecule has 4 heteroatoms. The summed E-state index contributed by atoms with van der Waals surface area (Å²) in [5.74, 6) is 4.26. The van der Waals surface area contributed by atoms with Crippen molar-refractivity contribution in [3.63, 3.8) is 0 Å². The van der Waals surface area contributed by atoms with Gasteiger partial charge in [-0.25, -0.2) is 14.2 Å². The van der Waals surface area contributed by atoms with Crippen LogP contribution in [0.3, 0.4) is 0 Å². The lowest BCUT2D eigenvalue weighted by Gasteiger charge is -2.19. The van der Waals surface area contributed by atoms with Gasteiger partial charge in [-0.1, -0.05) is 24.3 Å². The second kappa shape index (κ2) is 5.47. The van der Waals surface area contributed by atoms with Crippen molar-refractivity contribution in [1.82, 2.24) is 5.43 Å². The summed E-state index contributed by atoms with van der Waals surface area (Å²) in [6, 6.07) is 8.69. The van der Waals surface area contributed by atoms with Crippen molar-refractivity contribution in [3.8, 4) is 0 Å². The number of benzene rings is 2. The third kappa shape index (κ3) is 2.64. The molecule has 0 aromatic heterocycles. The highest BCUT2D eigenvalue weighted by Gasteiger charge is 2.20. The van der Waals surface area contributed by atoms with E-state index in [1.54, 1.807) is 0 Å². The molecule has 0 amide bonds. The Morgan fingerprint density at radius 1 is 1.00 bits per heavy atom. The SMILES string of the molecule is Cc1ccc(C(NN)c2c(F)cccc2F)cc1C. The summed E-state index contributed by atoms with van der Waals surface area (Å²) in [4.78, 5) is 0. The molecule has 2 nitrogen and oxygen atoms in total. The molecule has 0 fully saturated rings. The highest BCUT2D eigenvalue weighted by atomic mass is 19.1. The number of hydrogen-bond acceptors (Lipinski definition) is 2. The summed E-state index contributed by atoms with van der Waals surface area (Å²) >= 11 is 0. The second-order valence-electron chi connectivity index (χ2n) is 4.58. The smallest absolute Gasteiger partial charge is 0.131 e. The number of nitrogens with two attached hydrogens (primary N) is 1. The first kappa shape index (κ1) is 13.6. The first-order valence-corrected chi connectivity index (χ1v) is 6.01. The maximum atomic E-state index is 13.8. The van der Waals surface area contributed by atoms with Crippen LogP contribution in [0.2, 0.25) is 0 Å². The Labute approximate surface area is 111 Å². The van der Waals surface area contributed by atoms with Crippen LogP contribution in [-0.2, 0) is 0 Å². The van der Waals surface area contributed by atoms with E-state index in [0.717, 1.165) is 16.7 Å². The zero-order valence-electron chi connectivity index (χ0n) is 10.9. The molecule has 0 bridgehead atoms. The van der Waals surface area contributed by atoms with Gasteiger partial charge in [0.2, 0.25) is 0 Å². The maximum absolute atomic E-state index is 13.8. The van der Waals surface area contributed by atoms with Crippen LogP contribution >= 0.6 is 0 Å². The van der Waals surface area contributed by atoms with E-state index in [1.165, 1.54) is 18.2 Å². The quantitative estimate of drug-likeness (QED) is 0.658. The van der Waals surface area contributed by atoms with Gasteiger partial charge in [0.15, 0.2) is 0 Å². The molecule has 2 rings (SSSR count). The number of aryl methyl sites for hydroxylation is 2. The van der Waals surface area contributed by atoms with Gasteiger partial charge in [-0.3, -0.25) is 5.84 Å². The fourth-order valence-corrected chi connectivity index (χ4v) is 2.08. The van der Waals surface area contributed by atoms with Crippen molar-refractivity contribution >= 4 is 0 Å². The van der Waals surface area contributed by atoms with Gasteiger partial charge < -0.3 is 0 Å². The van der Waals surface area contributed by atoms with Crippen LogP contribution in [0.15, 0.2) is 36.4 Å². The summed E-state index contributed by atoms with van der Waals surface area (Å²) in [5.41, 5.74) is 5.32. The average molecular weight is 262 g/mol. The standard InChI is InChI=1S/C15H16F2N2/c1-9-6-7-11(8-10(9)2)15(19-18)14-12(16)4-3-5-13(14)17/h3-8,15,19H,18H2,1-2H3. The Balaban J connectivity index is 2.53. The Kier molecular flexibility index (Phi) is 3.93. The van der Waals surface area contributed by atoms with E-state index < -0.39 is 17.7 Å². The van der Waals surface area contributed by atoms with Crippen LogP contribution in [-0.4, -0.2) is 0 Å². The summed E-state index contributed by atoms with van der Waals surface area (Å²) in [7, 11) is 0. The molecule has 100 valence electrons.